The number of anilines is 1. The van der Waals surface area contributed by atoms with Crippen molar-refractivity contribution < 1.29 is 4.79 Å². The van der Waals surface area contributed by atoms with Crippen LogP contribution in [0.5, 0.6) is 0 Å². The third-order valence-corrected chi connectivity index (χ3v) is 5.24. The SMILES string of the molecule is Cc1ccc(CN2CCC(Nc3ccnn3C)(C(=O)N(C)C)CC2)cc1. The van der Waals surface area contributed by atoms with Crippen LogP contribution in [0, 0.1) is 6.92 Å². The van der Waals surface area contributed by atoms with E-state index in [2.05, 4.69) is 46.5 Å². The highest BCUT2D eigenvalue weighted by Gasteiger charge is 2.42. The Hall–Kier alpha value is -2.34. The molecule has 1 saturated heterocycles. The van der Waals surface area contributed by atoms with Crippen molar-refractivity contribution in [3.8, 4) is 0 Å². The van der Waals surface area contributed by atoms with Crippen LogP contribution in [-0.4, -0.2) is 58.2 Å². The van der Waals surface area contributed by atoms with Crippen molar-refractivity contribution in [3.05, 3.63) is 47.7 Å². The van der Waals surface area contributed by atoms with Crippen LogP contribution in [0.1, 0.15) is 24.0 Å². The summed E-state index contributed by atoms with van der Waals surface area (Å²) in [4.78, 5) is 17.1. The summed E-state index contributed by atoms with van der Waals surface area (Å²) in [5.41, 5.74) is 2.03. The van der Waals surface area contributed by atoms with Crippen molar-refractivity contribution >= 4 is 11.7 Å². The average Bonchev–Trinajstić information content (AvgIpc) is 3.02. The highest BCUT2D eigenvalue weighted by Crippen LogP contribution is 2.29. The summed E-state index contributed by atoms with van der Waals surface area (Å²) in [5.74, 6) is 1.01. The number of nitrogens with zero attached hydrogens (tertiary/aromatic N) is 4. The number of amides is 1. The van der Waals surface area contributed by atoms with Gasteiger partial charge in [-0.1, -0.05) is 29.8 Å². The summed E-state index contributed by atoms with van der Waals surface area (Å²) in [5, 5.41) is 7.71. The minimum absolute atomic E-state index is 0.133. The fourth-order valence-corrected chi connectivity index (χ4v) is 3.61. The highest BCUT2D eigenvalue weighted by atomic mass is 16.2. The van der Waals surface area contributed by atoms with Crippen LogP contribution in [0.25, 0.3) is 0 Å². The van der Waals surface area contributed by atoms with Crippen LogP contribution in [0.15, 0.2) is 36.5 Å². The molecule has 2 aromatic rings. The summed E-state index contributed by atoms with van der Waals surface area (Å²) in [6.07, 6.45) is 3.31. The van der Waals surface area contributed by atoms with Crippen molar-refractivity contribution in [3.63, 3.8) is 0 Å². The van der Waals surface area contributed by atoms with E-state index in [1.54, 1.807) is 15.8 Å². The Morgan fingerprint density at radius 3 is 2.38 bits per heavy atom. The van der Waals surface area contributed by atoms with Crippen molar-refractivity contribution in [1.29, 1.82) is 0 Å². The monoisotopic (exact) mass is 355 g/mol. The number of likely N-dealkylation sites (tertiary alicyclic amines) is 1. The number of nitrogens with one attached hydrogen (secondary N) is 1. The molecule has 3 rings (SSSR count). The summed E-state index contributed by atoms with van der Waals surface area (Å²) in [7, 11) is 5.55. The second-order valence-electron chi connectivity index (χ2n) is 7.51. The van der Waals surface area contributed by atoms with Crippen LogP contribution >= 0.6 is 0 Å². The minimum Gasteiger partial charge on any atom is -0.356 e. The van der Waals surface area contributed by atoms with Crippen molar-refractivity contribution in [2.24, 2.45) is 7.05 Å². The second-order valence-corrected chi connectivity index (χ2v) is 7.51. The zero-order valence-electron chi connectivity index (χ0n) is 16.2. The van der Waals surface area contributed by atoms with Gasteiger partial charge in [0.2, 0.25) is 5.91 Å². The summed E-state index contributed by atoms with van der Waals surface area (Å²) < 4.78 is 1.78. The zero-order valence-corrected chi connectivity index (χ0v) is 16.2. The molecule has 140 valence electrons. The molecule has 1 N–H and O–H groups in total. The van der Waals surface area contributed by atoms with Gasteiger partial charge >= 0.3 is 0 Å². The Morgan fingerprint density at radius 2 is 1.85 bits per heavy atom. The first kappa shape index (κ1) is 18.5. The fraction of sp³-hybridized carbons (Fsp3) is 0.500. The van der Waals surface area contributed by atoms with E-state index < -0.39 is 5.54 Å². The summed E-state index contributed by atoms with van der Waals surface area (Å²) in [6, 6.07) is 10.6. The fourth-order valence-electron chi connectivity index (χ4n) is 3.61. The van der Waals surface area contributed by atoms with Crippen LogP contribution in [0.3, 0.4) is 0 Å². The van der Waals surface area contributed by atoms with Crippen molar-refractivity contribution in [2.75, 3.05) is 32.5 Å². The normalized spacial score (nSPS) is 17.1. The number of hydrogen-bond acceptors (Lipinski definition) is 4. The van der Waals surface area contributed by atoms with Crippen LogP contribution in [-0.2, 0) is 18.4 Å². The predicted molar refractivity (Wildman–Crippen MR) is 104 cm³/mol. The largest absolute Gasteiger partial charge is 0.356 e. The molecule has 26 heavy (non-hydrogen) atoms. The quantitative estimate of drug-likeness (QED) is 0.894. The van der Waals surface area contributed by atoms with Gasteiger partial charge in [0.15, 0.2) is 0 Å². The van der Waals surface area contributed by atoms with E-state index in [-0.39, 0.29) is 5.91 Å². The van der Waals surface area contributed by atoms with E-state index in [1.165, 1.54) is 11.1 Å². The number of aryl methyl sites for hydroxylation is 2. The number of likely N-dealkylation sites (N-methyl/N-ethyl adjacent to an activating group) is 1. The molecule has 0 spiro atoms. The van der Waals surface area contributed by atoms with Crippen LogP contribution < -0.4 is 5.32 Å². The molecule has 0 radical (unpaired) electrons. The molecular formula is C20H29N5O. The summed E-state index contributed by atoms with van der Waals surface area (Å²) >= 11 is 0. The lowest BCUT2D eigenvalue weighted by atomic mass is 9.85. The molecule has 1 aromatic carbocycles. The van der Waals surface area contributed by atoms with Gasteiger partial charge < -0.3 is 10.2 Å². The third-order valence-electron chi connectivity index (χ3n) is 5.24. The maximum atomic E-state index is 13.0. The van der Waals surface area contributed by atoms with Gasteiger partial charge in [-0.3, -0.25) is 14.4 Å². The smallest absolute Gasteiger partial charge is 0.247 e. The molecule has 1 fully saturated rings. The molecule has 1 aliphatic rings. The number of aromatic nitrogens is 2. The van der Waals surface area contributed by atoms with Gasteiger partial charge in [0.1, 0.15) is 11.4 Å². The number of benzene rings is 1. The Balaban J connectivity index is 1.71. The molecular weight excluding hydrogens is 326 g/mol. The van der Waals surface area contributed by atoms with Gasteiger partial charge in [0.25, 0.3) is 0 Å². The lowest BCUT2D eigenvalue weighted by Gasteiger charge is -2.42. The first-order valence-corrected chi connectivity index (χ1v) is 9.15. The molecule has 0 saturated carbocycles. The lowest BCUT2D eigenvalue weighted by molar-refractivity contribution is -0.135. The lowest BCUT2D eigenvalue weighted by Crippen LogP contribution is -2.58. The number of piperidine rings is 1. The maximum Gasteiger partial charge on any atom is 0.247 e. The van der Waals surface area contributed by atoms with E-state index in [9.17, 15) is 4.79 Å². The topological polar surface area (TPSA) is 53.4 Å². The Kier molecular flexibility index (Phi) is 5.32. The van der Waals surface area contributed by atoms with Crippen molar-refractivity contribution in [1.82, 2.24) is 19.6 Å². The molecule has 0 unspecified atom stereocenters. The Morgan fingerprint density at radius 1 is 1.19 bits per heavy atom. The Bertz CT molecular complexity index is 742. The van der Waals surface area contributed by atoms with Gasteiger partial charge in [-0.2, -0.15) is 5.10 Å². The van der Waals surface area contributed by atoms with Gasteiger partial charge in [0, 0.05) is 46.8 Å². The molecule has 0 atom stereocenters. The van der Waals surface area contributed by atoms with E-state index in [4.69, 9.17) is 0 Å². The van der Waals surface area contributed by atoms with Crippen molar-refractivity contribution in [2.45, 2.75) is 31.8 Å². The second kappa shape index (κ2) is 7.50. The Labute approximate surface area is 155 Å². The number of hydrogen-bond donors (Lipinski definition) is 1. The molecule has 2 heterocycles. The van der Waals surface area contributed by atoms with Gasteiger partial charge in [0.05, 0.1) is 6.20 Å². The van der Waals surface area contributed by atoms with Gasteiger partial charge in [-0.25, -0.2) is 0 Å². The van der Waals surface area contributed by atoms with Gasteiger partial charge in [-0.05, 0) is 25.3 Å². The molecule has 1 aliphatic heterocycles. The molecule has 1 aromatic heterocycles. The zero-order chi connectivity index (χ0) is 18.7. The third kappa shape index (κ3) is 3.90. The maximum absolute atomic E-state index is 13.0. The molecule has 0 bridgehead atoms. The van der Waals surface area contributed by atoms with E-state index in [0.29, 0.717) is 0 Å². The van der Waals surface area contributed by atoms with Crippen LogP contribution in [0.4, 0.5) is 5.82 Å². The number of carbonyl (C=O) groups is 1. The predicted octanol–water partition coefficient (Wildman–Crippen LogP) is 2.26. The average molecular weight is 355 g/mol. The van der Waals surface area contributed by atoms with E-state index >= 15 is 0 Å². The standard InChI is InChI=1S/C20H29N5O/c1-16-5-7-17(8-6-16)15-25-13-10-20(11-14-25,19(26)23(2)3)22-18-9-12-21-24(18)4/h5-9,12,22H,10-11,13-15H2,1-4H3. The summed E-state index contributed by atoms with van der Waals surface area (Å²) in [6.45, 7) is 4.81. The molecule has 0 aliphatic carbocycles. The highest BCUT2D eigenvalue weighted by molar-refractivity contribution is 5.89. The van der Waals surface area contributed by atoms with E-state index in [0.717, 1.165) is 38.3 Å². The molecule has 6 nitrogen and oxygen atoms in total. The van der Waals surface area contributed by atoms with Crippen LogP contribution in [0.2, 0.25) is 0 Å². The van der Waals surface area contributed by atoms with Gasteiger partial charge in [-0.15, -0.1) is 0 Å². The number of carbonyl (C=O) groups excluding carboxylic acids is 1. The number of rotatable bonds is 5. The van der Waals surface area contributed by atoms with E-state index in [1.807, 2.05) is 27.2 Å². The first-order chi connectivity index (χ1) is 12.4. The first-order valence-electron chi connectivity index (χ1n) is 9.15. The molecule has 1 amide bonds. The molecule has 6 heteroatoms. The minimum atomic E-state index is -0.568.